The summed E-state index contributed by atoms with van der Waals surface area (Å²) in [5, 5.41) is 0.980. The van der Waals surface area contributed by atoms with Crippen molar-refractivity contribution in [2.24, 2.45) is 0 Å². The monoisotopic (exact) mass is 154 g/mol. The Kier molecular flexibility index (Phi) is 1.49. The molecule has 0 aromatic carbocycles. The van der Waals surface area contributed by atoms with Crippen LogP contribution >= 0.6 is 0 Å². The fraction of sp³-hybridized carbons (Fsp3) is 0. The van der Waals surface area contributed by atoms with Crippen LogP contribution in [0.25, 0.3) is 10.9 Å². The van der Waals surface area contributed by atoms with Crippen LogP contribution in [0.15, 0.2) is 30.7 Å². The Balaban J connectivity index is 2.78. The number of fused-ring (bicyclic) bond motifs is 1. The molecular formula is C10H6N2. The van der Waals surface area contributed by atoms with E-state index in [2.05, 4.69) is 15.9 Å². The highest BCUT2D eigenvalue weighted by Gasteiger charge is 1.93. The Morgan fingerprint density at radius 3 is 3.08 bits per heavy atom. The van der Waals surface area contributed by atoms with E-state index in [1.165, 1.54) is 0 Å². The molecule has 0 spiro atoms. The summed E-state index contributed by atoms with van der Waals surface area (Å²) in [4.78, 5) is 8.15. The van der Waals surface area contributed by atoms with E-state index in [1.807, 2.05) is 12.1 Å². The normalized spacial score (nSPS) is 9.58. The zero-order chi connectivity index (χ0) is 8.39. The first kappa shape index (κ1) is 6.81. The van der Waals surface area contributed by atoms with E-state index in [1.54, 1.807) is 18.6 Å². The molecule has 2 heterocycles. The van der Waals surface area contributed by atoms with Crippen LogP contribution in [-0.4, -0.2) is 9.97 Å². The smallest absolute Gasteiger partial charge is 0.0733 e. The maximum Gasteiger partial charge on any atom is 0.0733 e. The Morgan fingerprint density at radius 1 is 1.33 bits per heavy atom. The molecule has 0 aliphatic rings. The number of hydrogen-bond donors (Lipinski definition) is 0. The molecular weight excluding hydrogens is 148 g/mol. The zero-order valence-electron chi connectivity index (χ0n) is 6.36. The van der Waals surface area contributed by atoms with Crippen molar-refractivity contribution in [2.45, 2.75) is 0 Å². The van der Waals surface area contributed by atoms with Crippen molar-refractivity contribution in [3.63, 3.8) is 0 Å². The van der Waals surface area contributed by atoms with Crippen molar-refractivity contribution in [1.29, 1.82) is 0 Å². The van der Waals surface area contributed by atoms with Crippen LogP contribution in [0.4, 0.5) is 0 Å². The lowest BCUT2D eigenvalue weighted by atomic mass is 10.2. The van der Waals surface area contributed by atoms with Gasteiger partial charge in [0.05, 0.1) is 5.52 Å². The second-order valence-electron chi connectivity index (χ2n) is 2.44. The summed E-state index contributed by atoms with van der Waals surface area (Å²) >= 11 is 0. The Morgan fingerprint density at radius 2 is 2.25 bits per heavy atom. The van der Waals surface area contributed by atoms with E-state index in [4.69, 9.17) is 6.42 Å². The third-order valence-corrected chi connectivity index (χ3v) is 1.65. The van der Waals surface area contributed by atoms with Gasteiger partial charge in [0.1, 0.15) is 0 Å². The summed E-state index contributed by atoms with van der Waals surface area (Å²) in [6, 6.07) is 3.75. The van der Waals surface area contributed by atoms with E-state index in [9.17, 15) is 0 Å². The van der Waals surface area contributed by atoms with Gasteiger partial charge in [-0.1, -0.05) is 5.92 Å². The quantitative estimate of drug-likeness (QED) is 0.539. The van der Waals surface area contributed by atoms with Gasteiger partial charge >= 0.3 is 0 Å². The van der Waals surface area contributed by atoms with E-state index < -0.39 is 0 Å². The highest BCUT2D eigenvalue weighted by atomic mass is 14.7. The lowest BCUT2D eigenvalue weighted by molar-refractivity contribution is 1.32. The average Bonchev–Trinajstić information content (AvgIpc) is 2.17. The van der Waals surface area contributed by atoms with Gasteiger partial charge < -0.3 is 0 Å². The van der Waals surface area contributed by atoms with Gasteiger partial charge in [0, 0.05) is 29.5 Å². The van der Waals surface area contributed by atoms with Crippen molar-refractivity contribution in [1.82, 2.24) is 9.97 Å². The minimum atomic E-state index is 0.788. The lowest BCUT2D eigenvalue weighted by Gasteiger charge is -1.94. The molecule has 2 rings (SSSR count). The molecule has 2 aromatic rings. The molecule has 0 atom stereocenters. The summed E-state index contributed by atoms with van der Waals surface area (Å²) in [7, 11) is 0. The highest BCUT2D eigenvalue weighted by molar-refractivity contribution is 5.78. The predicted octanol–water partition coefficient (Wildman–Crippen LogP) is 1.61. The van der Waals surface area contributed by atoms with Gasteiger partial charge in [0.2, 0.25) is 0 Å². The number of rotatable bonds is 0. The number of pyridine rings is 2. The Hall–Kier alpha value is -1.88. The van der Waals surface area contributed by atoms with Crippen molar-refractivity contribution < 1.29 is 0 Å². The number of aromatic nitrogens is 2. The standard InChI is InChI=1S/C10H6N2/c1-2-8-5-9-7-11-4-3-10(9)12-6-8/h1,3-7H. The third kappa shape index (κ3) is 1.02. The summed E-state index contributed by atoms with van der Waals surface area (Å²) in [5.41, 5.74) is 1.71. The molecule has 2 heteroatoms. The molecule has 0 aliphatic heterocycles. The Bertz CT molecular complexity index is 455. The van der Waals surface area contributed by atoms with Gasteiger partial charge in [-0.2, -0.15) is 0 Å². The molecule has 0 aliphatic carbocycles. The lowest BCUT2D eigenvalue weighted by Crippen LogP contribution is -1.82. The predicted molar refractivity (Wildman–Crippen MR) is 47.5 cm³/mol. The average molecular weight is 154 g/mol. The molecule has 0 unspecified atom stereocenters. The highest BCUT2D eigenvalue weighted by Crippen LogP contribution is 2.09. The van der Waals surface area contributed by atoms with Gasteiger partial charge in [0.25, 0.3) is 0 Å². The van der Waals surface area contributed by atoms with Crippen LogP contribution in [-0.2, 0) is 0 Å². The van der Waals surface area contributed by atoms with E-state index in [0.717, 1.165) is 16.5 Å². The maximum absolute atomic E-state index is 5.23. The molecule has 2 nitrogen and oxygen atoms in total. The second kappa shape index (κ2) is 2.63. The topological polar surface area (TPSA) is 25.8 Å². The van der Waals surface area contributed by atoms with Crippen LogP contribution in [0.2, 0.25) is 0 Å². The fourth-order valence-corrected chi connectivity index (χ4v) is 1.05. The largest absolute Gasteiger partial charge is 0.264 e. The summed E-state index contributed by atoms with van der Waals surface area (Å²) in [5.74, 6) is 2.53. The van der Waals surface area contributed by atoms with Crippen molar-refractivity contribution in [3.8, 4) is 12.3 Å². The summed E-state index contributed by atoms with van der Waals surface area (Å²) < 4.78 is 0. The molecule has 12 heavy (non-hydrogen) atoms. The SMILES string of the molecule is C#Cc1cnc2ccncc2c1. The van der Waals surface area contributed by atoms with Gasteiger partial charge in [-0.05, 0) is 12.1 Å². The molecule has 0 fully saturated rings. The van der Waals surface area contributed by atoms with Gasteiger partial charge in [-0.25, -0.2) is 0 Å². The molecule has 2 aromatic heterocycles. The molecule has 0 saturated carbocycles. The summed E-state index contributed by atoms with van der Waals surface area (Å²) in [6.45, 7) is 0. The van der Waals surface area contributed by atoms with Crippen LogP contribution in [0.3, 0.4) is 0 Å². The first-order valence-electron chi connectivity index (χ1n) is 3.56. The molecule has 0 amide bonds. The number of hydrogen-bond acceptors (Lipinski definition) is 2. The third-order valence-electron chi connectivity index (χ3n) is 1.65. The minimum Gasteiger partial charge on any atom is -0.264 e. The second-order valence-corrected chi connectivity index (χ2v) is 2.44. The van der Waals surface area contributed by atoms with Gasteiger partial charge in [-0.3, -0.25) is 9.97 Å². The van der Waals surface area contributed by atoms with Crippen LogP contribution in [0, 0.1) is 12.3 Å². The van der Waals surface area contributed by atoms with Gasteiger partial charge in [-0.15, -0.1) is 6.42 Å². The van der Waals surface area contributed by atoms with Crippen molar-refractivity contribution in [2.75, 3.05) is 0 Å². The van der Waals surface area contributed by atoms with E-state index in [-0.39, 0.29) is 0 Å². The molecule has 0 radical (unpaired) electrons. The fourth-order valence-electron chi connectivity index (χ4n) is 1.05. The molecule has 56 valence electrons. The van der Waals surface area contributed by atoms with E-state index in [0.29, 0.717) is 0 Å². The maximum atomic E-state index is 5.23. The van der Waals surface area contributed by atoms with Crippen LogP contribution in [0.1, 0.15) is 5.56 Å². The molecule has 0 bridgehead atoms. The van der Waals surface area contributed by atoms with Crippen LogP contribution < -0.4 is 0 Å². The van der Waals surface area contributed by atoms with Crippen LogP contribution in [0.5, 0.6) is 0 Å². The number of terminal acetylenes is 1. The van der Waals surface area contributed by atoms with Crippen molar-refractivity contribution >= 4 is 10.9 Å². The van der Waals surface area contributed by atoms with Gasteiger partial charge in [0.15, 0.2) is 0 Å². The summed E-state index contributed by atoms with van der Waals surface area (Å²) in [6.07, 6.45) is 10.4. The molecule has 0 N–H and O–H groups in total. The number of nitrogens with zero attached hydrogens (tertiary/aromatic N) is 2. The van der Waals surface area contributed by atoms with Crippen molar-refractivity contribution in [3.05, 3.63) is 36.3 Å². The zero-order valence-corrected chi connectivity index (χ0v) is 6.36. The minimum absolute atomic E-state index is 0.788. The van der Waals surface area contributed by atoms with E-state index >= 15 is 0 Å². The first-order valence-corrected chi connectivity index (χ1v) is 3.56. The molecule has 0 saturated heterocycles. The first-order chi connectivity index (χ1) is 5.90. The Labute approximate surface area is 70.3 Å².